The van der Waals surface area contributed by atoms with Gasteiger partial charge in [0.05, 0.1) is 6.54 Å². The molecule has 5 aliphatic rings. The maximum absolute atomic E-state index is 12.5. The lowest BCUT2D eigenvalue weighted by Crippen LogP contribution is -2.61. The molecule has 0 atom stereocenters. The second-order valence-corrected chi connectivity index (χ2v) is 8.94. The zero-order valence-electron chi connectivity index (χ0n) is 16.0. The number of amides is 1. The first-order chi connectivity index (χ1) is 12.7. The van der Waals surface area contributed by atoms with Gasteiger partial charge >= 0.3 is 11.9 Å². The molecule has 4 bridgehead atoms. The number of piperazine rings is 1. The van der Waals surface area contributed by atoms with Gasteiger partial charge in [0.25, 0.3) is 0 Å². The lowest BCUT2D eigenvalue weighted by atomic mass is 9.53. The van der Waals surface area contributed by atoms with Crippen LogP contribution in [0.1, 0.15) is 38.5 Å². The fourth-order valence-corrected chi connectivity index (χ4v) is 5.81. The highest BCUT2D eigenvalue weighted by Crippen LogP contribution is 2.55. The van der Waals surface area contributed by atoms with Crippen LogP contribution in [-0.4, -0.2) is 83.2 Å². The van der Waals surface area contributed by atoms with Crippen LogP contribution in [0.5, 0.6) is 0 Å². The molecule has 5 rings (SSSR count). The summed E-state index contributed by atoms with van der Waals surface area (Å²) < 4.78 is 0. The Morgan fingerprint density at radius 1 is 0.889 bits per heavy atom. The van der Waals surface area contributed by atoms with Crippen LogP contribution in [0.15, 0.2) is 0 Å². The zero-order chi connectivity index (χ0) is 19.6. The third-order valence-electron chi connectivity index (χ3n) is 6.59. The molecule has 3 N–H and O–H groups in total. The summed E-state index contributed by atoms with van der Waals surface area (Å²) in [7, 11) is 2.16. The second kappa shape index (κ2) is 8.14. The van der Waals surface area contributed by atoms with Crippen LogP contribution in [0.3, 0.4) is 0 Å². The van der Waals surface area contributed by atoms with Crippen molar-refractivity contribution in [2.24, 2.45) is 17.8 Å². The van der Waals surface area contributed by atoms with E-state index >= 15 is 0 Å². The topological polar surface area (TPSA) is 110 Å². The van der Waals surface area contributed by atoms with Crippen molar-refractivity contribution in [3.05, 3.63) is 0 Å². The summed E-state index contributed by atoms with van der Waals surface area (Å²) in [4.78, 5) is 35.4. The van der Waals surface area contributed by atoms with Gasteiger partial charge in [0.2, 0.25) is 5.91 Å². The van der Waals surface area contributed by atoms with Crippen molar-refractivity contribution < 1.29 is 24.6 Å². The van der Waals surface area contributed by atoms with Crippen molar-refractivity contribution in [2.75, 3.05) is 39.8 Å². The van der Waals surface area contributed by atoms with E-state index in [4.69, 9.17) is 19.8 Å². The first-order valence-electron chi connectivity index (χ1n) is 9.93. The maximum Gasteiger partial charge on any atom is 0.414 e. The summed E-state index contributed by atoms with van der Waals surface area (Å²) in [6.45, 7) is 4.85. The van der Waals surface area contributed by atoms with Crippen molar-refractivity contribution in [3.63, 3.8) is 0 Å². The van der Waals surface area contributed by atoms with E-state index in [1.54, 1.807) is 0 Å². The molecular formula is C19H31N3O5. The van der Waals surface area contributed by atoms with E-state index < -0.39 is 11.9 Å². The van der Waals surface area contributed by atoms with Crippen LogP contribution in [-0.2, 0) is 14.4 Å². The molecule has 1 amide bonds. The lowest BCUT2D eigenvalue weighted by Gasteiger charge is -2.57. The van der Waals surface area contributed by atoms with Crippen LogP contribution in [0.2, 0.25) is 0 Å². The van der Waals surface area contributed by atoms with Crippen molar-refractivity contribution in [1.82, 2.24) is 15.1 Å². The molecule has 27 heavy (non-hydrogen) atoms. The highest BCUT2D eigenvalue weighted by atomic mass is 16.4. The lowest BCUT2D eigenvalue weighted by molar-refractivity contribution is -0.159. The van der Waals surface area contributed by atoms with Crippen LogP contribution in [0, 0.1) is 17.8 Å². The van der Waals surface area contributed by atoms with E-state index in [1.807, 2.05) is 0 Å². The maximum atomic E-state index is 12.5. The third-order valence-corrected chi connectivity index (χ3v) is 6.59. The number of carbonyl (C=O) groups is 3. The average Bonchev–Trinajstić information content (AvgIpc) is 2.55. The molecule has 5 fully saturated rings. The molecule has 8 heteroatoms. The van der Waals surface area contributed by atoms with E-state index in [9.17, 15) is 4.79 Å². The van der Waals surface area contributed by atoms with Crippen LogP contribution in [0.25, 0.3) is 0 Å². The number of nitrogens with one attached hydrogen (secondary N) is 1. The van der Waals surface area contributed by atoms with Crippen LogP contribution < -0.4 is 5.32 Å². The number of hydrogen-bond donors (Lipinski definition) is 3. The van der Waals surface area contributed by atoms with Gasteiger partial charge < -0.3 is 20.4 Å². The molecular weight excluding hydrogens is 350 g/mol. The summed E-state index contributed by atoms with van der Waals surface area (Å²) in [6.07, 6.45) is 8.09. The van der Waals surface area contributed by atoms with E-state index in [-0.39, 0.29) is 11.4 Å². The van der Waals surface area contributed by atoms with E-state index in [0.717, 1.165) is 43.9 Å². The number of aliphatic carboxylic acids is 2. The Morgan fingerprint density at radius 2 is 1.33 bits per heavy atom. The highest BCUT2D eigenvalue weighted by Gasteiger charge is 2.51. The van der Waals surface area contributed by atoms with Gasteiger partial charge in [-0.1, -0.05) is 0 Å². The zero-order valence-corrected chi connectivity index (χ0v) is 16.0. The first kappa shape index (κ1) is 20.1. The molecule has 8 nitrogen and oxygen atoms in total. The fraction of sp³-hybridized carbons (Fsp3) is 0.842. The molecule has 0 unspecified atom stereocenters. The van der Waals surface area contributed by atoms with Crippen molar-refractivity contribution in [1.29, 1.82) is 0 Å². The Labute approximate surface area is 159 Å². The fourth-order valence-electron chi connectivity index (χ4n) is 5.81. The van der Waals surface area contributed by atoms with E-state index in [2.05, 4.69) is 22.2 Å². The molecule has 0 aromatic rings. The van der Waals surface area contributed by atoms with Gasteiger partial charge in [-0.2, -0.15) is 0 Å². The molecule has 1 heterocycles. The van der Waals surface area contributed by atoms with Gasteiger partial charge in [0, 0.05) is 31.7 Å². The molecule has 4 saturated carbocycles. The van der Waals surface area contributed by atoms with E-state index in [0.29, 0.717) is 6.54 Å². The number of nitrogens with zero attached hydrogens (tertiary/aromatic N) is 2. The van der Waals surface area contributed by atoms with Gasteiger partial charge in [-0.15, -0.1) is 0 Å². The van der Waals surface area contributed by atoms with Gasteiger partial charge in [-0.3, -0.25) is 9.69 Å². The van der Waals surface area contributed by atoms with Gasteiger partial charge in [-0.25, -0.2) is 9.59 Å². The Bertz CT molecular complexity index is 539. The molecule has 0 aromatic carbocycles. The van der Waals surface area contributed by atoms with Crippen LogP contribution >= 0.6 is 0 Å². The third kappa shape index (κ3) is 5.19. The molecule has 0 aromatic heterocycles. The standard InChI is InChI=1S/C17H29N3O.C2H2O4/c1-19-2-4-20(5-3-19)12-16(21)18-17-9-13-6-14(10-17)8-15(7-13)11-17;3-1(4)2(5)6/h13-15H,2-12H2,1H3,(H,18,21);(H,3,4)(H,5,6). The Kier molecular flexibility index (Phi) is 6.05. The molecule has 1 aliphatic heterocycles. The summed E-state index contributed by atoms with van der Waals surface area (Å²) in [6, 6.07) is 0. The Morgan fingerprint density at radius 3 is 1.74 bits per heavy atom. The number of carboxylic acids is 2. The normalized spacial score (nSPS) is 35.2. The first-order valence-corrected chi connectivity index (χ1v) is 9.93. The molecule has 4 aliphatic carbocycles. The number of carbonyl (C=O) groups excluding carboxylic acids is 1. The number of hydrogen-bond acceptors (Lipinski definition) is 5. The minimum absolute atomic E-state index is 0.179. The summed E-state index contributed by atoms with van der Waals surface area (Å²) >= 11 is 0. The van der Waals surface area contributed by atoms with Crippen molar-refractivity contribution in [2.45, 2.75) is 44.1 Å². The smallest absolute Gasteiger partial charge is 0.414 e. The molecule has 0 radical (unpaired) electrons. The Hall–Kier alpha value is -1.67. The van der Waals surface area contributed by atoms with E-state index in [1.165, 1.54) is 38.5 Å². The Balaban J connectivity index is 0.000000307. The largest absolute Gasteiger partial charge is 0.473 e. The number of likely N-dealkylation sites (N-methyl/N-ethyl adjacent to an activating group) is 1. The minimum atomic E-state index is -1.82. The predicted octanol–water partition coefficient (Wildman–Crippen LogP) is 0.474. The molecule has 152 valence electrons. The van der Waals surface area contributed by atoms with Gasteiger partial charge in [0.1, 0.15) is 0 Å². The molecule has 1 saturated heterocycles. The summed E-state index contributed by atoms with van der Waals surface area (Å²) in [5, 5.41) is 18.3. The number of carboxylic acid groups (broad SMARTS) is 2. The highest BCUT2D eigenvalue weighted by molar-refractivity contribution is 6.27. The molecule has 0 spiro atoms. The summed E-state index contributed by atoms with van der Waals surface area (Å²) in [5.41, 5.74) is 0.179. The minimum Gasteiger partial charge on any atom is -0.473 e. The SMILES string of the molecule is CN1CCN(CC(=O)NC23CC4CC(CC(C4)C2)C3)CC1.O=C(O)C(=O)O. The van der Waals surface area contributed by atoms with Crippen molar-refractivity contribution in [3.8, 4) is 0 Å². The van der Waals surface area contributed by atoms with Gasteiger partial charge in [-0.05, 0) is 63.3 Å². The number of rotatable bonds is 3. The quantitative estimate of drug-likeness (QED) is 0.610. The summed E-state index contributed by atoms with van der Waals surface area (Å²) in [5.74, 6) is -0.660. The van der Waals surface area contributed by atoms with Gasteiger partial charge in [0.15, 0.2) is 0 Å². The monoisotopic (exact) mass is 381 g/mol. The second-order valence-electron chi connectivity index (χ2n) is 8.94. The van der Waals surface area contributed by atoms with Crippen LogP contribution in [0.4, 0.5) is 0 Å². The predicted molar refractivity (Wildman–Crippen MR) is 98.3 cm³/mol. The average molecular weight is 381 g/mol. The van der Waals surface area contributed by atoms with Crippen molar-refractivity contribution >= 4 is 17.8 Å².